The Kier molecular flexibility index (Phi) is 25.3. The Morgan fingerprint density at radius 1 is 0.590 bits per heavy atom. The molecule has 0 amide bonds. The zero-order valence-corrected chi connectivity index (χ0v) is 23.2. The molecule has 212 valence electrons. The van der Waals surface area contributed by atoms with Crippen molar-refractivity contribution in [3.05, 3.63) is 90.3 Å². The second-order valence-corrected chi connectivity index (χ2v) is 7.82. The van der Waals surface area contributed by atoms with Crippen molar-refractivity contribution >= 4 is 0 Å². The number of nitrogens with zero attached hydrogens (tertiary/aromatic N) is 6. The van der Waals surface area contributed by atoms with Gasteiger partial charge in [0, 0.05) is 52.1 Å². The van der Waals surface area contributed by atoms with Gasteiger partial charge in [0.15, 0.2) is 0 Å². The number of aromatic nitrogens is 3. The van der Waals surface area contributed by atoms with Gasteiger partial charge in [-0.15, -0.1) is 20.5 Å². The molecule has 39 heavy (non-hydrogen) atoms. The van der Waals surface area contributed by atoms with Crippen LogP contribution >= 0.6 is 0 Å². The van der Waals surface area contributed by atoms with E-state index in [0.717, 1.165) is 36.7 Å². The summed E-state index contributed by atoms with van der Waals surface area (Å²) in [5.41, 5.74) is 3.15. The van der Waals surface area contributed by atoms with Gasteiger partial charge in [0.05, 0.1) is 29.2 Å². The van der Waals surface area contributed by atoms with Crippen molar-refractivity contribution in [2.75, 3.05) is 0 Å². The summed E-state index contributed by atoms with van der Waals surface area (Å²) >= 11 is 0. The summed E-state index contributed by atoms with van der Waals surface area (Å²) < 4.78 is 67.9. The maximum absolute atomic E-state index is 8.49. The fourth-order valence-electron chi connectivity index (χ4n) is 2.33. The molecule has 0 aliphatic heterocycles. The van der Waals surface area contributed by atoms with Gasteiger partial charge in [0.1, 0.15) is 0 Å². The molecule has 0 spiro atoms. The van der Waals surface area contributed by atoms with Gasteiger partial charge in [0.2, 0.25) is 0 Å². The molecule has 3 aromatic heterocycles. The number of pyridine rings is 3. The van der Waals surface area contributed by atoms with Crippen molar-refractivity contribution in [1.29, 1.82) is 10.5 Å². The van der Waals surface area contributed by atoms with Gasteiger partial charge in [-0.25, -0.2) is 37.3 Å². The van der Waals surface area contributed by atoms with Crippen LogP contribution in [0.15, 0.2) is 73.2 Å². The number of hydrogen-bond donors (Lipinski definition) is 0. The minimum absolute atomic E-state index is 0. The summed E-state index contributed by atoms with van der Waals surface area (Å²) in [6.45, 7) is 5.18. The smallest absolute Gasteiger partial charge is 0.286 e. The van der Waals surface area contributed by atoms with Gasteiger partial charge in [-0.2, -0.15) is 10.5 Å². The molecule has 0 atom stereocenters. The fourth-order valence-corrected chi connectivity index (χ4v) is 2.33. The predicted octanol–water partition coefficient (Wildman–Crippen LogP) is -5.38. The van der Waals surface area contributed by atoms with Crippen molar-refractivity contribution in [3.8, 4) is 12.1 Å². The van der Waals surface area contributed by atoms with Gasteiger partial charge >= 0.3 is 17.1 Å². The number of hydrogen-bond acceptors (Lipinski definition) is 14. The third kappa shape index (κ3) is 35.2. The van der Waals surface area contributed by atoms with E-state index in [1.165, 1.54) is 13.8 Å². The van der Waals surface area contributed by atoms with E-state index in [4.69, 9.17) is 47.8 Å². The van der Waals surface area contributed by atoms with E-state index in [1.54, 1.807) is 12.1 Å². The fraction of sp³-hybridized carbons (Fsp3) is 0.227. The van der Waals surface area contributed by atoms with E-state index in [2.05, 4.69) is 19.9 Å². The summed E-state index contributed by atoms with van der Waals surface area (Å²) in [6, 6.07) is 21.5. The Morgan fingerprint density at radius 3 is 0.949 bits per heavy atom. The first-order valence-corrected chi connectivity index (χ1v) is 12.5. The Hall–Kier alpha value is -2.83. The second kappa shape index (κ2) is 24.2. The normalized spacial score (nSPS) is 9.56. The van der Waals surface area contributed by atoms with Crippen molar-refractivity contribution in [2.45, 2.75) is 33.5 Å². The predicted molar refractivity (Wildman–Crippen MR) is 108 cm³/mol. The molecule has 0 saturated heterocycles. The number of rotatable bonds is 6. The SMILES string of the molecule is CC#N.CC#N.[Fe+2].[O-][Cl+3]([O-])([O-])[O-].[O-][Cl+3]([O-])([O-])[O-].c1ccc(CN(Cc2ccccn2)Cc2ccccn2)nc1. The van der Waals surface area contributed by atoms with Gasteiger partial charge in [-0.3, -0.25) is 19.9 Å². The van der Waals surface area contributed by atoms with Gasteiger partial charge < -0.3 is 0 Å². The van der Waals surface area contributed by atoms with Crippen LogP contribution < -0.4 is 37.3 Å². The van der Waals surface area contributed by atoms with Crippen LogP contribution in [0.25, 0.3) is 0 Å². The van der Waals surface area contributed by atoms with Crippen LogP contribution in [-0.2, 0) is 36.7 Å². The largest absolute Gasteiger partial charge is 2.00 e. The summed E-state index contributed by atoms with van der Waals surface area (Å²) in [7, 11) is -9.89. The molecule has 0 N–H and O–H groups in total. The minimum atomic E-state index is -4.94. The molecule has 0 saturated carbocycles. The van der Waals surface area contributed by atoms with Crippen LogP contribution in [0.5, 0.6) is 0 Å². The van der Waals surface area contributed by atoms with E-state index in [9.17, 15) is 0 Å². The average Bonchev–Trinajstić information content (AvgIpc) is 2.80. The average molecular weight is 627 g/mol. The molecule has 0 unspecified atom stereocenters. The van der Waals surface area contributed by atoms with Crippen LogP contribution in [0.3, 0.4) is 0 Å². The molecule has 3 aromatic rings. The van der Waals surface area contributed by atoms with Gasteiger partial charge in [0.25, 0.3) is 0 Å². The molecule has 0 aliphatic rings. The first-order valence-electron chi connectivity index (χ1n) is 10.0. The first-order chi connectivity index (χ1) is 17.7. The number of halogens is 2. The van der Waals surface area contributed by atoms with Crippen LogP contribution in [0, 0.1) is 43.1 Å². The monoisotopic (exact) mass is 626 g/mol. The first kappa shape index (κ1) is 40.7. The van der Waals surface area contributed by atoms with Crippen LogP contribution in [0.4, 0.5) is 0 Å². The summed E-state index contributed by atoms with van der Waals surface area (Å²) in [5.74, 6) is 0. The molecule has 0 radical (unpaired) electrons. The zero-order valence-electron chi connectivity index (χ0n) is 20.6. The third-order valence-electron chi connectivity index (χ3n) is 3.34. The molecule has 3 heterocycles. The maximum Gasteiger partial charge on any atom is 2.00 e. The van der Waals surface area contributed by atoms with E-state index in [0.29, 0.717) is 0 Å². The van der Waals surface area contributed by atoms with E-state index < -0.39 is 20.5 Å². The topological polar surface area (TPSA) is 274 Å². The molecule has 14 nitrogen and oxygen atoms in total. The summed E-state index contributed by atoms with van der Waals surface area (Å²) in [4.78, 5) is 15.6. The standard InChI is InChI=1S/C18H18N4.2C2H3N.2ClHO4.Fe/c1-4-10-19-16(7-1)13-22(14-17-8-2-5-11-20-17)15-18-9-3-6-12-21-18;2*1-2-3;2*2-1(3,4)5;/h1-12H,13-15H2;2*1H3;2*(H,2,3,4,5);/q;;;;;+2/p-2. The Labute approximate surface area is 240 Å². The zero-order chi connectivity index (χ0) is 29.5. The molecule has 0 fully saturated rings. The molecular formula is C22H24Cl2FeN6O8. The van der Waals surface area contributed by atoms with Crippen molar-refractivity contribution in [1.82, 2.24) is 19.9 Å². The van der Waals surface area contributed by atoms with E-state index >= 15 is 0 Å². The summed E-state index contributed by atoms with van der Waals surface area (Å²) in [6.07, 6.45) is 5.49. The van der Waals surface area contributed by atoms with Crippen LogP contribution in [0.1, 0.15) is 30.9 Å². The minimum Gasteiger partial charge on any atom is -0.286 e. The Bertz CT molecular complexity index is 917. The molecular weight excluding hydrogens is 603 g/mol. The summed E-state index contributed by atoms with van der Waals surface area (Å²) in [5, 5.41) is 14.6. The Balaban J connectivity index is -0.000000633. The molecule has 17 heteroatoms. The van der Waals surface area contributed by atoms with Crippen molar-refractivity contribution < 1.29 is 74.8 Å². The quantitative estimate of drug-likeness (QED) is 0.231. The van der Waals surface area contributed by atoms with Crippen LogP contribution in [0.2, 0.25) is 0 Å². The van der Waals surface area contributed by atoms with Crippen molar-refractivity contribution in [2.24, 2.45) is 0 Å². The van der Waals surface area contributed by atoms with Gasteiger partial charge in [-0.1, -0.05) is 18.2 Å². The van der Waals surface area contributed by atoms with E-state index in [1.807, 2.05) is 73.2 Å². The third-order valence-corrected chi connectivity index (χ3v) is 3.34. The molecule has 0 aromatic carbocycles. The second-order valence-electron chi connectivity index (χ2n) is 6.31. The number of nitriles is 2. The maximum atomic E-state index is 8.49. The molecule has 0 bridgehead atoms. The van der Waals surface area contributed by atoms with Crippen LogP contribution in [-0.4, -0.2) is 19.9 Å². The van der Waals surface area contributed by atoms with Crippen molar-refractivity contribution in [3.63, 3.8) is 0 Å². The van der Waals surface area contributed by atoms with E-state index in [-0.39, 0.29) is 17.1 Å². The molecule has 0 aliphatic carbocycles. The Morgan fingerprint density at radius 2 is 0.795 bits per heavy atom. The molecule has 3 rings (SSSR count). The van der Waals surface area contributed by atoms with Gasteiger partial charge in [-0.05, 0) is 36.4 Å².